The van der Waals surface area contributed by atoms with Crippen molar-refractivity contribution in [2.24, 2.45) is 0 Å². The van der Waals surface area contributed by atoms with Crippen molar-refractivity contribution in [2.75, 3.05) is 5.32 Å². The summed E-state index contributed by atoms with van der Waals surface area (Å²) in [5, 5.41) is 10.1. The van der Waals surface area contributed by atoms with Crippen LogP contribution in [0.1, 0.15) is 34.5 Å². The lowest BCUT2D eigenvalue weighted by molar-refractivity contribution is 0.101. The predicted octanol–water partition coefficient (Wildman–Crippen LogP) is 1.38. The molecule has 9 heteroatoms. The van der Waals surface area contributed by atoms with Gasteiger partial charge in [-0.25, -0.2) is 19.4 Å². The van der Waals surface area contributed by atoms with Crippen LogP contribution in [0, 0.1) is 6.92 Å². The molecule has 2 aromatic rings. The molecule has 2 N–H and O–H groups in total. The van der Waals surface area contributed by atoms with Crippen molar-refractivity contribution in [2.45, 2.75) is 39.3 Å². The number of amides is 2. The van der Waals surface area contributed by atoms with Crippen LogP contribution in [0.5, 0.6) is 0 Å². The molecule has 2 amide bonds. The second kappa shape index (κ2) is 5.84. The first-order valence-corrected chi connectivity index (χ1v) is 7.77. The molecule has 0 aliphatic carbocycles. The lowest BCUT2D eigenvalue weighted by Gasteiger charge is -2.23. The normalized spacial score (nSPS) is 16.9. The van der Waals surface area contributed by atoms with Crippen molar-refractivity contribution >= 4 is 28.3 Å². The Morgan fingerprint density at radius 3 is 3.00 bits per heavy atom. The van der Waals surface area contributed by atoms with E-state index in [1.54, 1.807) is 4.68 Å². The minimum Gasteiger partial charge on any atom is -0.333 e. The number of carbonyl (C=O) groups is 2. The minimum atomic E-state index is -0.322. The number of anilines is 1. The lowest BCUT2D eigenvalue weighted by atomic mass is 10.1. The van der Waals surface area contributed by atoms with Gasteiger partial charge < -0.3 is 5.32 Å². The van der Waals surface area contributed by atoms with E-state index >= 15 is 0 Å². The first-order valence-electron chi connectivity index (χ1n) is 6.95. The monoisotopic (exact) mass is 320 g/mol. The molecule has 8 nitrogen and oxygen atoms in total. The molecule has 0 aromatic carbocycles. The Hall–Kier alpha value is -2.29. The molecular weight excluding hydrogens is 304 g/mol. The second-order valence-electron chi connectivity index (χ2n) is 5.17. The van der Waals surface area contributed by atoms with E-state index in [1.807, 2.05) is 6.92 Å². The molecule has 1 unspecified atom stereocenters. The summed E-state index contributed by atoms with van der Waals surface area (Å²) in [6.45, 7) is 3.88. The Morgan fingerprint density at radius 2 is 2.27 bits per heavy atom. The molecule has 2 aromatic heterocycles. The number of rotatable bonds is 3. The van der Waals surface area contributed by atoms with Gasteiger partial charge in [0.25, 0.3) is 0 Å². The Labute approximate surface area is 131 Å². The maximum absolute atomic E-state index is 12.0. The number of Topliss-reactive ketones (excluding diaryl/α,β-unsaturated/α-hetero) is 1. The smallest absolute Gasteiger partial charge is 0.321 e. The van der Waals surface area contributed by atoms with E-state index in [0.717, 1.165) is 23.5 Å². The van der Waals surface area contributed by atoms with Gasteiger partial charge in [0, 0.05) is 18.2 Å². The summed E-state index contributed by atoms with van der Waals surface area (Å²) in [5.41, 5.74) is 0.408. The molecule has 0 radical (unpaired) electrons. The maximum atomic E-state index is 12.0. The number of thiazole rings is 1. The molecule has 3 rings (SSSR count). The van der Waals surface area contributed by atoms with E-state index in [0.29, 0.717) is 17.4 Å². The first kappa shape index (κ1) is 14.6. The van der Waals surface area contributed by atoms with Gasteiger partial charge in [0.1, 0.15) is 17.8 Å². The maximum Gasteiger partial charge on any atom is 0.321 e. The third-order valence-electron chi connectivity index (χ3n) is 3.49. The number of aromatic nitrogens is 4. The fourth-order valence-electron chi connectivity index (χ4n) is 2.45. The zero-order chi connectivity index (χ0) is 15.7. The van der Waals surface area contributed by atoms with Gasteiger partial charge in [-0.15, -0.1) is 11.3 Å². The summed E-state index contributed by atoms with van der Waals surface area (Å²) in [6, 6.07) is -0.319. The van der Waals surface area contributed by atoms with Crippen molar-refractivity contribution in [3.63, 3.8) is 0 Å². The standard InChI is InChI=1S/C13H16N6O2S/c1-7(20)11-8(2)22-13(17-11)18-12(21)16-9-3-4-10-14-6-15-19(10)5-9/h6,9H,3-5H2,1-2H3,(H2,16,17,18,21). The summed E-state index contributed by atoms with van der Waals surface area (Å²) in [6.07, 6.45) is 3.14. The van der Waals surface area contributed by atoms with Crippen LogP contribution in [-0.2, 0) is 13.0 Å². The average Bonchev–Trinajstić information content (AvgIpc) is 3.04. The molecule has 0 fully saturated rings. The topological polar surface area (TPSA) is 102 Å². The molecule has 0 saturated carbocycles. The van der Waals surface area contributed by atoms with E-state index in [2.05, 4.69) is 25.7 Å². The van der Waals surface area contributed by atoms with Crippen molar-refractivity contribution in [1.29, 1.82) is 0 Å². The zero-order valence-corrected chi connectivity index (χ0v) is 13.1. The van der Waals surface area contributed by atoms with E-state index < -0.39 is 0 Å². The third kappa shape index (κ3) is 2.98. The number of carbonyl (C=O) groups excluding carboxylic acids is 2. The molecule has 1 aliphatic heterocycles. The summed E-state index contributed by atoms with van der Waals surface area (Å²) < 4.78 is 1.80. The molecule has 0 bridgehead atoms. The first-order chi connectivity index (χ1) is 10.5. The Kier molecular flexibility index (Phi) is 3.88. The summed E-state index contributed by atoms with van der Waals surface area (Å²) in [4.78, 5) is 32.5. The largest absolute Gasteiger partial charge is 0.333 e. The summed E-state index contributed by atoms with van der Waals surface area (Å²) in [7, 11) is 0. The zero-order valence-electron chi connectivity index (χ0n) is 12.3. The van der Waals surface area contributed by atoms with E-state index in [1.165, 1.54) is 24.6 Å². The molecule has 1 aliphatic rings. The van der Waals surface area contributed by atoms with Crippen LogP contribution in [0.3, 0.4) is 0 Å². The Morgan fingerprint density at radius 1 is 1.45 bits per heavy atom. The summed E-state index contributed by atoms with van der Waals surface area (Å²) >= 11 is 1.29. The number of fused-ring (bicyclic) bond motifs is 1. The van der Waals surface area contributed by atoms with Crippen LogP contribution in [-0.4, -0.2) is 37.6 Å². The molecule has 1 atom stereocenters. The average molecular weight is 320 g/mol. The predicted molar refractivity (Wildman–Crippen MR) is 81.1 cm³/mol. The van der Waals surface area contributed by atoms with E-state index in [4.69, 9.17) is 0 Å². The summed E-state index contributed by atoms with van der Waals surface area (Å²) in [5.74, 6) is 0.841. The third-order valence-corrected chi connectivity index (χ3v) is 4.38. The van der Waals surface area contributed by atoms with Gasteiger partial charge in [0.05, 0.1) is 12.6 Å². The number of hydrogen-bond donors (Lipinski definition) is 2. The van der Waals surface area contributed by atoms with Gasteiger partial charge in [-0.3, -0.25) is 10.1 Å². The SMILES string of the molecule is CC(=O)c1nc(NC(=O)NC2CCc3ncnn3C2)sc1C. The van der Waals surface area contributed by atoms with Crippen LogP contribution in [0.15, 0.2) is 6.33 Å². The number of nitrogens with zero attached hydrogens (tertiary/aromatic N) is 4. The van der Waals surface area contributed by atoms with Gasteiger partial charge in [0.2, 0.25) is 0 Å². The Bertz CT molecular complexity index is 722. The highest BCUT2D eigenvalue weighted by Crippen LogP contribution is 2.22. The van der Waals surface area contributed by atoms with Gasteiger partial charge >= 0.3 is 6.03 Å². The highest BCUT2D eigenvalue weighted by atomic mass is 32.1. The highest BCUT2D eigenvalue weighted by molar-refractivity contribution is 7.16. The van der Waals surface area contributed by atoms with Crippen LogP contribution < -0.4 is 10.6 Å². The van der Waals surface area contributed by atoms with Gasteiger partial charge in [-0.1, -0.05) is 0 Å². The minimum absolute atomic E-state index is 0.00235. The molecule has 0 saturated heterocycles. The van der Waals surface area contributed by atoms with E-state index in [9.17, 15) is 9.59 Å². The Balaban J connectivity index is 1.59. The van der Waals surface area contributed by atoms with Crippen molar-refractivity contribution < 1.29 is 9.59 Å². The second-order valence-corrected chi connectivity index (χ2v) is 6.38. The van der Waals surface area contributed by atoms with Crippen molar-refractivity contribution in [3.05, 3.63) is 22.7 Å². The number of aryl methyl sites for hydroxylation is 2. The molecule has 22 heavy (non-hydrogen) atoms. The molecule has 3 heterocycles. The van der Waals surface area contributed by atoms with Gasteiger partial charge in [-0.05, 0) is 13.3 Å². The van der Waals surface area contributed by atoms with Crippen molar-refractivity contribution in [3.8, 4) is 0 Å². The fourth-order valence-corrected chi connectivity index (χ4v) is 3.31. The van der Waals surface area contributed by atoms with Crippen LogP contribution in [0.2, 0.25) is 0 Å². The molecular formula is C13H16N6O2S. The molecule has 116 valence electrons. The van der Waals surface area contributed by atoms with E-state index in [-0.39, 0.29) is 17.9 Å². The quantitative estimate of drug-likeness (QED) is 0.832. The number of hydrogen-bond acceptors (Lipinski definition) is 6. The van der Waals surface area contributed by atoms with Crippen LogP contribution in [0.4, 0.5) is 9.93 Å². The highest BCUT2D eigenvalue weighted by Gasteiger charge is 2.22. The van der Waals surface area contributed by atoms with Crippen LogP contribution >= 0.6 is 11.3 Å². The lowest BCUT2D eigenvalue weighted by Crippen LogP contribution is -2.43. The van der Waals surface area contributed by atoms with Crippen LogP contribution in [0.25, 0.3) is 0 Å². The van der Waals surface area contributed by atoms with Gasteiger partial charge in [0.15, 0.2) is 10.9 Å². The van der Waals surface area contributed by atoms with Gasteiger partial charge in [-0.2, -0.15) is 5.10 Å². The molecule has 0 spiro atoms. The van der Waals surface area contributed by atoms with Crippen molar-refractivity contribution in [1.82, 2.24) is 25.1 Å². The number of nitrogens with one attached hydrogen (secondary N) is 2. The number of urea groups is 1. The number of ketones is 1. The fraction of sp³-hybridized carbons (Fsp3) is 0.462.